The van der Waals surface area contributed by atoms with Gasteiger partial charge in [-0.2, -0.15) is 5.10 Å². The van der Waals surface area contributed by atoms with Crippen molar-refractivity contribution in [2.75, 3.05) is 19.7 Å². The molecule has 0 saturated carbocycles. The lowest BCUT2D eigenvalue weighted by atomic mass is 10.0. The summed E-state index contributed by atoms with van der Waals surface area (Å²) in [5.74, 6) is -0.0940. The molecule has 0 aliphatic carbocycles. The number of carbonyl (C=O) groups excluding carboxylic acids is 2. The Morgan fingerprint density at radius 3 is 2.67 bits per heavy atom. The van der Waals surface area contributed by atoms with Crippen molar-refractivity contribution in [2.24, 2.45) is 7.05 Å². The lowest BCUT2D eigenvalue weighted by molar-refractivity contribution is 0.0510. The molecular weight excluding hydrogens is 366 g/mol. The predicted molar refractivity (Wildman–Crippen MR) is 102 cm³/mol. The van der Waals surface area contributed by atoms with Crippen LogP contribution in [0.2, 0.25) is 0 Å². The van der Waals surface area contributed by atoms with E-state index in [1.54, 1.807) is 22.7 Å². The summed E-state index contributed by atoms with van der Waals surface area (Å²) in [6.07, 6.45) is 2.88. The van der Waals surface area contributed by atoms with Crippen LogP contribution in [0.5, 0.6) is 0 Å². The number of aryl methyl sites for hydroxylation is 2. The number of amides is 2. The van der Waals surface area contributed by atoms with Gasteiger partial charge in [0.2, 0.25) is 0 Å². The van der Waals surface area contributed by atoms with Crippen molar-refractivity contribution in [1.29, 1.82) is 0 Å². The SMILES string of the molecule is CCOC(=O)N1CCC(N(Cc2nccs2)C(=O)c2cc(C)n(C)n2)CC1. The summed E-state index contributed by atoms with van der Waals surface area (Å²) in [6, 6.07) is 1.85. The van der Waals surface area contributed by atoms with Crippen LogP contribution in [-0.2, 0) is 18.3 Å². The van der Waals surface area contributed by atoms with Crippen molar-refractivity contribution in [3.63, 3.8) is 0 Å². The normalized spacial score (nSPS) is 15.0. The molecule has 2 aromatic rings. The number of carbonyl (C=O) groups is 2. The van der Waals surface area contributed by atoms with E-state index < -0.39 is 0 Å². The van der Waals surface area contributed by atoms with Gasteiger partial charge in [0.15, 0.2) is 5.69 Å². The molecule has 27 heavy (non-hydrogen) atoms. The van der Waals surface area contributed by atoms with Crippen LogP contribution < -0.4 is 0 Å². The van der Waals surface area contributed by atoms with Gasteiger partial charge < -0.3 is 14.5 Å². The maximum atomic E-state index is 13.2. The highest BCUT2D eigenvalue weighted by atomic mass is 32.1. The minimum atomic E-state index is -0.283. The number of hydrogen-bond acceptors (Lipinski definition) is 6. The van der Waals surface area contributed by atoms with E-state index in [0.717, 1.165) is 10.7 Å². The number of thiazole rings is 1. The van der Waals surface area contributed by atoms with Crippen molar-refractivity contribution < 1.29 is 14.3 Å². The van der Waals surface area contributed by atoms with Crippen molar-refractivity contribution in [3.05, 3.63) is 34.0 Å². The first-order valence-corrected chi connectivity index (χ1v) is 9.99. The molecule has 8 nitrogen and oxygen atoms in total. The van der Waals surface area contributed by atoms with E-state index in [9.17, 15) is 9.59 Å². The van der Waals surface area contributed by atoms with Gasteiger partial charge in [-0.1, -0.05) is 0 Å². The lowest BCUT2D eigenvalue weighted by Gasteiger charge is -2.37. The molecule has 0 atom stereocenters. The Morgan fingerprint density at radius 1 is 1.37 bits per heavy atom. The van der Waals surface area contributed by atoms with E-state index in [1.165, 1.54) is 11.3 Å². The van der Waals surface area contributed by atoms with Crippen molar-refractivity contribution in [3.8, 4) is 0 Å². The Morgan fingerprint density at radius 2 is 2.11 bits per heavy atom. The van der Waals surface area contributed by atoms with Gasteiger partial charge in [0.25, 0.3) is 5.91 Å². The number of hydrogen-bond donors (Lipinski definition) is 0. The molecule has 0 bridgehead atoms. The number of ether oxygens (including phenoxy) is 1. The van der Waals surface area contributed by atoms with Gasteiger partial charge in [-0.15, -0.1) is 11.3 Å². The maximum absolute atomic E-state index is 13.2. The minimum Gasteiger partial charge on any atom is -0.450 e. The first kappa shape index (κ1) is 19.3. The molecule has 0 spiro atoms. The van der Waals surface area contributed by atoms with Gasteiger partial charge in [-0.25, -0.2) is 9.78 Å². The summed E-state index contributed by atoms with van der Waals surface area (Å²) in [4.78, 5) is 33.0. The first-order valence-electron chi connectivity index (χ1n) is 9.11. The number of aromatic nitrogens is 3. The van der Waals surface area contributed by atoms with Crippen LogP contribution in [-0.4, -0.2) is 62.3 Å². The molecule has 3 heterocycles. The Bertz CT molecular complexity index is 762. The molecule has 0 aromatic carbocycles. The first-order chi connectivity index (χ1) is 13.0. The van der Waals surface area contributed by atoms with Crippen LogP contribution >= 0.6 is 11.3 Å². The van der Waals surface area contributed by atoms with Crippen LogP contribution in [0.25, 0.3) is 0 Å². The van der Waals surface area contributed by atoms with E-state index in [2.05, 4.69) is 10.1 Å². The van der Waals surface area contributed by atoms with Crippen molar-refractivity contribution >= 4 is 23.3 Å². The van der Waals surface area contributed by atoms with Crippen LogP contribution in [0, 0.1) is 6.92 Å². The smallest absolute Gasteiger partial charge is 0.409 e. The summed E-state index contributed by atoms with van der Waals surface area (Å²) in [5, 5.41) is 7.15. The Labute approximate surface area is 162 Å². The zero-order chi connectivity index (χ0) is 19.4. The third-order valence-electron chi connectivity index (χ3n) is 4.81. The quantitative estimate of drug-likeness (QED) is 0.782. The average Bonchev–Trinajstić information content (AvgIpc) is 3.29. The zero-order valence-corrected chi connectivity index (χ0v) is 16.7. The van der Waals surface area contributed by atoms with Gasteiger partial charge >= 0.3 is 6.09 Å². The van der Waals surface area contributed by atoms with E-state index in [-0.39, 0.29) is 18.0 Å². The molecule has 9 heteroatoms. The van der Waals surface area contributed by atoms with Crippen molar-refractivity contribution in [2.45, 2.75) is 39.3 Å². The highest BCUT2D eigenvalue weighted by Gasteiger charge is 2.32. The molecule has 2 aromatic heterocycles. The summed E-state index contributed by atoms with van der Waals surface area (Å²) in [7, 11) is 1.83. The standard InChI is InChI=1S/C18H25N5O3S/c1-4-26-18(25)22-8-5-14(6-9-22)23(12-16-19-7-10-27-16)17(24)15-11-13(2)21(3)20-15/h7,10-11,14H,4-6,8-9,12H2,1-3H3. The summed E-state index contributed by atoms with van der Waals surface area (Å²) >= 11 is 1.53. The molecule has 0 radical (unpaired) electrons. The fourth-order valence-electron chi connectivity index (χ4n) is 3.23. The largest absolute Gasteiger partial charge is 0.450 e. The fourth-order valence-corrected chi connectivity index (χ4v) is 3.84. The van der Waals surface area contributed by atoms with E-state index in [4.69, 9.17) is 4.74 Å². The number of nitrogens with zero attached hydrogens (tertiary/aromatic N) is 5. The minimum absolute atomic E-state index is 0.0365. The molecule has 3 rings (SSSR count). The van der Waals surface area contributed by atoms with Gasteiger partial charge in [0, 0.05) is 43.4 Å². The molecule has 146 valence electrons. The molecule has 2 amide bonds. The summed E-state index contributed by atoms with van der Waals surface area (Å²) in [5.41, 5.74) is 1.38. The molecule has 0 N–H and O–H groups in total. The van der Waals surface area contributed by atoms with E-state index in [0.29, 0.717) is 44.8 Å². The van der Waals surface area contributed by atoms with E-state index in [1.807, 2.05) is 30.3 Å². The third kappa shape index (κ3) is 4.47. The lowest BCUT2D eigenvalue weighted by Crippen LogP contribution is -2.48. The number of piperidine rings is 1. The highest BCUT2D eigenvalue weighted by molar-refractivity contribution is 7.09. The molecule has 1 aliphatic heterocycles. The molecule has 1 saturated heterocycles. The highest BCUT2D eigenvalue weighted by Crippen LogP contribution is 2.22. The van der Waals surface area contributed by atoms with Crippen LogP contribution in [0.15, 0.2) is 17.6 Å². The Kier molecular flexibility index (Phi) is 6.10. The fraction of sp³-hybridized carbons (Fsp3) is 0.556. The van der Waals surface area contributed by atoms with Gasteiger partial charge in [0.1, 0.15) is 5.01 Å². The average molecular weight is 391 g/mol. The molecule has 0 unspecified atom stereocenters. The molecule has 1 fully saturated rings. The van der Waals surface area contributed by atoms with Crippen LogP contribution in [0.3, 0.4) is 0 Å². The second kappa shape index (κ2) is 8.51. The van der Waals surface area contributed by atoms with E-state index >= 15 is 0 Å². The topological polar surface area (TPSA) is 80.6 Å². The number of rotatable bonds is 5. The summed E-state index contributed by atoms with van der Waals surface area (Å²) in [6.45, 7) is 5.70. The number of likely N-dealkylation sites (tertiary alicyclic amines) is 1. The predicted octanol–water partition coefficient (Wildman–Crippen LogP) is 2.45. The van der Waals surface area contributed by atoms with Gasteiger partial charge in [-0.3, -0.25) is 9.48 Å². The monoisotopic (exact) mass is 391 g/mol. The third-order valence-corrected chi connectivity index (χ3v) is 5.58. The Hall–Kier alpha value is -2.42. The summed E-state index contributed by atoms with van der Waals surface area (Å²) < 4.78 is 6.79. The Balaban J connectivity index is 1.74. The zero-order valence-electron chi connectivity index (χ0n) is 15.9. The maximum Gasteiger partial charge on any atom is 0.409 e. The second-order valence-corrected chi connectivity index (χ2v) is 7.55. The molecular formula is C18H25N5O3S. The molecule has 1 aliphatic rings. The second-order valence-electron chi connectivity index (χ2n) is 6.57. The van der Waals surface area contributed by atoms with Gasteiger partial charge in [0.05, 0.1) is 13.2 Å². The van der Waals surface area contributed by atoms with Crippen LogP contribution in [0.1, 0.15) is 41.0 Å². The van der Waals surface area contributed by atoms with Crippen molar-refractivity contribution in [1.82, 2.24) is 24.6 Å². The van der Waals surface area contributed by atoms with Gasteiger partial charge in [-0.05, 0) is 32.8 Å². The van der Waals surface area contributed by atoms with Crippen LogP contribution in [0.4, 0.5) is 4.79 Å².